The Balaban J connectivity index is 1.24. The van der Waals surface area contributed by atoms with Crippen LogP contribution < -0.4 is 14.2 Å². The van der Waals surface area contributed by atoms with Crippen molar-refractivity contribution in [1.82, 2.24) is 0 Å². The molecule has 5 rings (SSSR count). The number of aliphatic hydroxyl groups is 1. The van der Waals surface area contributed by atoms with Gasteiger partial charge in [-0.25, -0.2) is 0 Å². The highest BCUT2D eigenvalue weighted by atomic mass is 16.5. The maximum absolute atomic E-state index is 11.1. The quantitative estimate of drug-likeness (QED) is 0.341. The SMILES string of the molecule is Cc1cc(OCC2CCCC(O)C2)cc(C)c1-c1cccc(COc2ccc3c(c2)OCC3CC(=O)O)c1. The van der Waals surface area contributed by atoms with E-state index in [1.54, 1.807) is 0 Å². The highest BCUT2D eigenvalue weighted by Crippen LogP contribution is 2.38. The number of aliphatic carboxylic acids is 1. The molecule has 1 heterocycles. The van der Waals surface area contributed by atoms with E-state index in [9.17, 15) is 9.90 Å². The van der Waals surface area contributed by atoms with Crippen molar-refractivity contribution < 1.29 is 29.2 Å². The van der Waals surface area contributed by atoms with E-state index in [2.05, 4.69) is 44.2 Å². The Bertz CT molecular complexity index is 1280. The zero-order chi connectivity index (χ0) is 26.6. The molecule has 3 aromatic carbocycles. The minimum Gasteiger partial charge on any atom is -0.493 e. The first kappa shape index (κ1) is 26.1. The molecule has 0 aromatic heterocycles. The van der Waals surface area contributed by atoms with Crippen LogP contribution in [-0.2, 0) is 11.4 Å². The molecular weight excluding hydrogens is 480 g/mol. The predicted molar refractivity (Wildman–Crippen MR) is 146 cm³/mol. The average molecular weight is 517 g/mol. The van der Waals surface area contributed by atoms with Crippen LogP contribution in [0.25, 0.3) is 11.1 Å². The van der Waals surface area contributed by atoms with Crippen molar-refractivity contribution in [2.24, 2.45) is 5.92 Å². The van der Waals surface area contributed by atoms with E-state index in [1.165, 1.54) is 5.56 Å². The largest absolute Gasteiger partial charge is 0.493 e. The lowest BCUT2D eigenvalue weighted by Crippen LogP contribution is -2.24. The molecule has 3 aromatic rings. The van der Waals surface area contributed by atoms with Gasteiger partial charge in [-0.2, -0.15) is 0 Å². The fourth-order valence-electron chi connectivity index (χ4n) is 5.80. The number of rotatable bonds is 9. The van der Waals surface area contributed by atoms with E-state index in [0.717, 1.165) is 59.3 Å². The van der Waals surface area contributed by atoms with Crippen molar-refractivity contribution in [3.05, 3.63) is 76.9 Å². The number of carboxylic acid groups (broad SMARTS) is 1. The van der Waals surface area contributed by atoms with Gasteiger partial charge >= 0.3 is 5.97 Å². The molecule has 2 aliphatic rings. The lowest BCUT2D eigenvalue weighted by molar-refractivity contribution is -0.137. The summed E-state index contributed by atoms with van der Waals surface area (Å²) >= 11 is 0. The molecule has 1 fully saturated rings. The topological polar surface area (TPSA) is 85.2 Å². The molecule has 1 saturated carbocycles. The average Bonchev–Trinajstić information content (AvgIpc) is 3.27. The first-order valence-corrected chi connectivity index (χ1v) is 13.5. The van der Waals surface area contributed by atoms with Crippen LogP contribution in [0.1, 0.15) is 60.3 Å². The Labute approximate surface area is 224 Å². The Kier molecular flexibility index (Phi) is 7.89. The summed E-state index contributed by atoms with van der Waals surface area (Å²) in [7, 11) is 0. The van der Waals surface area contributed by atoms with E-state index >= 15 is 0 Å². The predicted octanol–water partition coefficient (Wildman–Crippen LogP) is 6.43. The van der Waals surface area contributed by atoms with Crippen LogP contribution in [-0.4, -0.2) is 35.5 Å². The third-order valence-corrected chi connectivity index (χ3v) is 7.65. The van der Waals surface area contributed by atoms with Gasteiger partial charge in [0, 0.05) is 17.5 Å². The van der Waals surface area contributed by atoms with E-state index in [0.29, 0.717) is 37.2 Å². The van der Waals surface area contributed by atoms with Crippen molar-refractivity contribution in [1.29, 1.82) is 0 Å². The smallest absolute Gasteiger partial charge is 0.304 e. The molecule has 0 amide bonds. The van der Waals surface area contributed by atoms with Crippen LogP contribution in [0.4, 0.5) is 0 Å². The molecular formula is C32H36O6. The molecule has 1 aliphatic heterocycles. The minimum absolute atomic E-state index is 0.0661. The number of hydrogen-bond donors (Lipinski definition) is 2. The van der Waals surface area contributed by atoms with Crippen LogP contribution in [0.15, 0.2) is 54.6 Å². The van der Waals surface area contributed by atoms with Gasteiger partial charge in [-0.05, 0) is 91.1 Å². The van der Waals surface area contributed by atoms with Crippen LogP contribution in [0.3, 0.4) is 0 Å². The standard InChI is InChI=1S/C32H36O6/c1-20-11-28(37-18-23-6-4-8-26(33)14-23)12-21(2)32(20)24-7-3-5-22(13-24)17-36-27-9-10-29-25(15-31(34)35)19-38-30(29)16-27/h3,5,7,9-13,16,23,25-26,33H,4,6,8,14-15,17-19H2,1-2H3,(H,34,35). The lowest BCUT2D eigenvalue weighted by atomic mass is 9.88. The van der Waals surface area contributed by atoms with Crippen molar-refractivity contribution in [2.75, 3.05) is 13.2 Å². The number of benzene rings is 3. The molecule has 1 aliphatic carbocycles. The summed E-state index contributed by atoms with van der Waals surface area (Å²) in [6.45, 7) is 5.68. The van der Waals surface area contributed by atoms with Gasteiger partial charge in [0.15, 0.2) is 0 Å². The van der Waals surface area contributed by atoms with E-state index in [4.69, 9.17) is 19.3 Å². The summed E-state index contributed by atoms with van der Waals surface area (Å²) in [4.78, 5) is 11.1. The second-order valence-corrected chi connectivity index (χ2v) is 10.7. The van der Waals surface area contributed by atoms with Crippen molar-refractivity contribution in [3.63, 3.8) is 0 Å². The van der Waals surface area contributed by atoms with Gasteiger partial charge in [0.05, 0.1) is 25.7 Å². The molecule has 0 radical (unpaired) electrons. The summed E-state index contributed by atoms with van der Waals surface area (Å²) in [5.41, 5.74) is 6.64. The van der Waals surface area contributed by atoms with Crippen molar-refractivity contribution in [2.45, 2.75) is 64.6 Å². The second-order valence-electron chi connectivity index (χ2n) is 10.7. The Morgan fingerprint density at radius 2 is 1.82 bits per heavy atom. The van der Waals surface area contributed by atoms with Gasteiger partial charge in [0.1, 0.15) is 23.9 Å². The van der Waals surface area contributed by atoms with Crippen LogP contribution in [0.2, 0.25) is 0 Å². The maximum Gasteiger partial charge on any atom is 0.304 e. The van der Waals surface area contributed by atoms with Gasteiger partial charge in [-0.3, -0.25) is 4.79 Å². The van der Waals surface area contributed by atoms with Gasteiger partial charge in [-0.15, -0.1) is 0 Å². The summed E-state index contributed by atoms with van der Waals surface area (Å²) in [5.74, 6) is 1.77. The Morgan fingerprint density at radius 3 is 2.58 bits per heavy atom. The summed E-state index contributed by atoms with van der Waals surface area (Å²) in [6, 6.07) is 18.2. The fraction of sp³-hybridized carbons (Fsp3) is 0.406. The number of hydrogen-bond acceptors (Lipinski definition) is 5. The number of aryl methyl sites for hydroxylation is 2. The molecule has 2 N–H and O–H groups in total. The molecule has 0 spiro atoms. The third-order valence-electron chi connectivity index (χ3n) is 7.65. The minimum atomic E-state index is -0.820. The van der Waals surface area contributed by atoms with E-state index < -0.39 is 5.97 Å². The highest BCUT2D eigenvalue weighted by molar-refractivity contribution is 5.72. The first-order chi connectivity index (χ1) is 18.4. The summed E-state index contributed by atoms with van der Waals surface area (Å²) in [6.07, 6.45) is 3.80. The molecule has 6 nitrogen and oxygen atoms in total. The molecule has 0 saturated heterocycles. The zero-order valence-electron chi connectivity index (χ0n) is 22.1. The lowest BCUT2D eigenvalue weighted by Gasteiger charge is -2.26. The fourth-order valence-corrected chi connectivity index (χ4v) is 5.80. The number of ether oxygens (including phenoxy) is 3. The van der Waals surface area contributed by atoms with E-state index in [1.807, 2.05) is 24.3 Å². The van der Waals surface area contributed by atoms with Gasteiger partial charge in [0.25, 0.3) is 0 Å². The number of carbonyl (C=O) groups is 1. The number of fused-ring (bicyclic) bond motifs is 1. The Morgan fingerprint density at radius 1 is 1.00 bits per heavy atom. The molecule has 38 heavy (non-hydrogen) atoms. The molecule has 0 bridgehead atoms. The van der Waals surface area contributed by atoms with Crippen LogP contribution in [0, 0.1) is 19.8 Å². The molecule has 200 valence electrons. The van der Waals surface area contributed by atoms with Gasteiger partial charge in [-0.1, -0.05) is 30.7 Å². The Hall–Kier alpha value is -3.51. The number of carboxylic acids is 1. The molecule has 3 unspecified atom stereocenters. The molecule has 3 atom stereocenters. The monoisotopic (exact) mass is 516 g/mol. The summed E-state index contributed by atoms with van der Waals surface area (Å²) < 4.78 is 17.9. The van der Waals surface area contributed by atoms with Crippen LogP contribution in [0.5, 0.6) is 17.2 Å². The van der Waals surface area contributed by atoms with Gasteiger partial charge < -0.3 is 24.4 Å². The highest BCUT2D eigenvalue weighted by Gasteiger charge is 2.26. The van der Waals surface area contributed by atoms with Crippen molar-refractivity contribution in [3.8, 4) is 28.4 Å². The summed E-state index contributed by atoms with van der Waals surface area (Å²) in [5, 5.41) is 19.0. The number of aliphatic hydroxyl groups excluding tert-OH is 1. The first-order valence-electron chi connectivity index (χ1n) is 13.5. The van der Waals surface area contributed by atoms with Crippen molar-refractivity contribution >= 4 is 5.97 Å². The zero-order valence-corrected chi connectivity index (χ0v) is 22.1. The van der Waals surface area contributed by atoms with Gasteiger partial charge in [0.2, 0.25) is 0 Å². The van der Waals surface area contributed by atoms with Crippen LogP contribution >= 0.6 is 0 Å². The molecule has 6 heteroatoms. The normalized spacial score (nSPS) is 20.4. The maximum atomic E-state index is 11.1. The second kappa shape index (κ2) is 11.5. The van der Waals surface area contributed by atoms with E-state index in [-0.39, 0.29) is 18.4 Å². The third kappa shape index (κ3) is 6.13.